The summed E-state index contributed by atoms with van der Waals surface area (Å²) in [6, 6.07) is 20.0. The van der Waals surface area contributed by atoms with Crippen molar-refractivity contribution in [2.45, 2.75) is 25.3 Å². The van der Waals surface area contributed by atoms with Crippen molar-refractivity contribution in [1.29, 1.82) is 0 Å². The van der Waals surface area contributed by atoms with E-state index < -0.39 is 0 Å². The van der Waals surface area contributed by atoms with Crippen molar-refractivity contribution < 1.29 is 13.7 Å². The second-order valence-corrected chi connectivity index (χ2v) is 8.06. The van der Waals surface area contributed by atoms with Gasteiger partial charge < -0.3 is 14.0 Å². The number of amides is 1. The molecule has 3 heterocycles. The van der Waals surface area contributed by atoms with Crippen LogP contribution in [-0.2, 0) is 6.54 Å². The van der Waals surface area contributed by atoms with Crippen molar-refractivity contribution in [3.05, 3.63) is 95.9 Å². The number of hydrogen-bond donors (Lipinski definition) is 0. The number of carbonyl (C=O) groups excluding carboxylic acids is 1. The minimum Gasteiger partial charge on any atom is -0.339 e. The molecular weight excluding hydrogens is 407 g/mol. The molecule has 2 aromatic carbocycles. The lowest BCUT2D eigenvalue weighted by Gasteiger charge is -2.31. The fourth-order valence-electron chi connectivity index (χ4n) is 4.20. The Bertz CT molecular complexity index is 1220. The summed E-state index contributed by atoms with van der Waals surface area (Å²) in [6.45, 7) is 1.85. The average molecular weight is 430 g/mol. The second-order valence-electron chi connectivity index (χ2n) is 8.06. The molecule has 1 aliphatic rings. The standard InChI is InChI=1S/C25H23FN4O2/c26-21-11-4-9-19(15-21)23-27-24(32-28-23)20-10-5-14-30(17-20)25(31)22-12-6-13-29(22)16-18-7-2-1-3-8-18/h1-4,6-9,11-13,15,20H,5,10,14,16-17H2. The number of piperidine rings is 1. The Labute approximate surface area is 185 Å². The van der Waals surface area contributed by atoms with Gasteiger partial charge in [0.15, 0.2) is 0 Å². The van der Waals surface area contributed by atoms with Gasteiger partial charge in [0.05, 0.1) is 5.92 Å². The summed E-state index contributed by atoms with van der Waals surface area (Å²) in [5.41, 5.74) is 2.38. The first kappa shape index (κ1) is 20.2. The molecule has 0 aliphatic carbocycles. The van der Waals surface area contributed by atoms with E-state index >= 15 is 0 Å². The van der Waals surface area contributed by atoms with Crippen LogP contribution < -0.4 is 0 Å². The fourth-order valence-corrected chi connectivity index (χ4v) is 4.20. The van der Waals surface area contributed by atoms with E-state index in [9.17, 15) is 9.18 Å². The molecule has 2 aromatic heterocycles. The monoisotopic (exact) mass is 430 g/mol. The molecule has 1 atom stereocenters. The van der Waals surface area contributed by atoms with Crippen molar-refractivity contribution >= 4 is 5.91 Å². The second kappa shape index (κ2) is 8.78. The SMILES string of the molecule is O=C(c1cccn1Cc1ccccc1)N1CCCC(c2nc(-c3cccc(F)c3)no2)C1. The Morgan fingerprint density at radius 2 is 1.97 bits per heavy atom. The van der Waals surface area contributed by atoms with Crippen molar-refractivity contribution in [3.63, 3.8) is 0 Å². The molecule has 4 aromatic rings. The molecule has 6 nitrogen and oxygen atoms in total. The Morgan fingerprint density at radius 3 is 2.81 bits per heavy atom. The first-order valence-electron chi connectivity index (χ1n) is 10.8. The first-order chi connectivity index (χ1) is 15.7. The van der Waals surface area contributed by atoms with Crippen LogP contribution in [0, 0.1) is 5.82 Å². The average Bonchev–Trinajstić information content (AvgIpc) is 3.50. The van der Waals surface area contributed by atoms with E-state index in [1.807, 2.05) is 46.0 Å². The molecule has 7 heteroatoms. The van der Waals surface area contributed by atoms with Gasteiger partial charge in [-0.15, -0.1) is 0 Å². The zero-order valence-electron chi connectivity index (χ0n) is 17.5. The minimum absolute atomic E-state index is 0.000463. The number of carbonyl (C=O) groups is 1. The van der Waals surface area contributed by atoms with Gasteiger partial charge in [-0.2, -0.15) is 4.98 Å². The minimum atomic E-state index is -0.346. The van der Waals surface area contributed by atoms with E-state index in [0.29, 0.717) is 42.6 Å². The molecule has 0 spiro atoms. The molecular formula is C25H23FN4O2. The van der Waals surface area contributed by atoms with E-state index in [4.69, 9.17) is 4.52 Å². The van der Waals surface area contributed by atoms with Crippen LogP contribution in [0.2, 0.25) is 0 Å². The van der Waals surface area contributed by atoms with Gasteiger partial charge in [0.2, 0.25) is 11.7 Å². The third-order valence-corrected chi connectivity index (χ3v) is 5.83. The van der Waals surface area contributed by atoms with Crippen LogP contribution >= 0.6 is 0 Å². The number of hydrogen-bond acceptors (Lipinski definition) is 4. The van der Waals surface area contributed by atoms with Crippen LogP contribution in [0.5, 0.6) is 0 Å². The molecule has 162 valence electrons. The third-order valence-electron chi connectivity index (χ3n) is 5.83. The summed E-state index contributed by atoms with van der Waals surface area (Å²) < 4.78 is 21.0. The summed E-state index contributed by atoms with van der Waals surface area (Å²) >= 11 is 0. The molecule has 1 amide bonds. The van der Waals surface area contributed by atoms with Crippen molar-refractivity contribution in [2.24, 2.45) is 0 Å². The summed E-state index contributed by atoms with van der Waals surface area (Å²) in [4.78, 5) is 19.7. The van der Waals surface area contributed by atoms with Crippen LogP contribution in [0.1, 0.15) is 40.7 Å². The maximum atomic E-state index is 13.5. The zero-order chi connectivity index (χ0) is 21.9. The predicted molar refractivity (Wildman–Crippen MR) is 118 cm³/mol. The number of halogens is 1. The largest absolute Gasteiger partial charge is 0.339 e. The topological polar surface area (TPSA) is 64.2 Å². The normalized spacial score (nSPS) is 16.3. The molecule has 32 heavy (non-hydrogen) atoms. The highest BCUT2D eigenvalue weighted by molar-refractivity contribution is 5.93. The van der Waals surface area contributed by atoms with E-state index in [1.165, 1.54) is 12.1 Å². The summed E-state index contributed by atoms with van der Waals surface area (Å²) in [5, 5.41) is 4.02. The fraction of sp³-hybridized carbons (Fsp3) is 0.240. The molecule has 0 saturated carbocycles. The predicted octanol–water partition coefficient (Wildman–Crippen LogP) is 4.75. The van der Waals surface area contributed by atoms with Crippen LogP contribution in [0.15, 0.2) is 77.4 Å². The molecule has 1 fully saturated rings. The molecule has 0 N–H and O–H groups in total. The Kier molecular flexibility index (Phi) is 5.54. The quantitative estimate of drug-likeness (QED) is 0.459. The maximum Gasteiger partial charge on any atom is 0.270 e. The Balaban J connectivity index is 1.31. The van der Waals surface area contributed by atoms with Crippen LogP contribution in [0.25, 0.3) is 11.4 Å². The van der Waals surface area contributed by atoms with Crippen molar-refractivity contribution in [1.82, 2.24) is 19.6 Å². The molecule has 0 bridgehead atoms. The number of aromatic nitrogens is 3. The van der Waals surface area contributed by atoms with E-state index in [1.54, 1.807) is 12.1 Å². The van der Waals surface area contributed by atoms with Gasteiger partial charge in [0.1, 0.15) is 11.5 Å². The number of likely N-dealkylation sites (tertiary alicyclic amines) is 1. The van der Waals surface area contributed by atoms with Gasteiger partial charge in [-0.05, 0) is 42.7 Å². The first-order valence-corrected chi connectivity index (χ1v) is 10.8. The zero-order valence-corrected chi connectivity index (χ0v) is 17.5. The van der Waals surface area contributed by atoms with Crippen LogP contribution in [0.3, 0.4) is 0 Å². The van der Waals surface area contributed by atoms with E-state index in [0.717, 1.165) is 18.4 Å². The Morgan fingerprint density at radius 1 is 1.09 bits per heavy atom. The number of nitrogens with zero attached hydrogens (tertiary/aromatic N) is 4. The van der Waals surface area contributed by atoms with Crippen molar-refractivity contribution in [2.75, 3.05) is 13.1 Å². The van der Waals surface area contributed by atoms with E-state index in [2.05, 4.69) is 22.3 Å². The number of rotatable bonds is 5. The van der Waals surface area contributed by atoms with Crippen LogP contribution in [-0.4, -0.2) is 38.6 Å². The molecule has 0 radical (unpaired) electrons. The molecule has 1 saturated heterocycles. The smallest absolute Gasteiger partial charge is 0.270 e. The van der Waals surface area contributed by atoms with Crippen molar-refractivity contribution in [3.8, 4) is 11.4 Å². The Hall–Kier alpha value is -3.74. The van der Waals surface area contributed by atoms with Gasteiger partial charge >= 0.3 is 0 Å². The highest BCUT2D eigenvalue weighted by Crippen LogP contribution is 2.28. The molecule has 1 aliphatic heterocycles. The van der Waals surface area contributed by atoms with E-state index in [-0.39, 0.29) is 17.6 Å². The van der Waals surface area contributed by atoms with Crippen LogP contribution in [0.4, 0.5) is 4.39 Å². The highest BCUT2D eigenvalue weighted by atomic mass is 19.1. The lowest BCUT2D eigenvalue weighted by molar-refractivity contribution is 0.0685. The van der Waals surface area contributed by atoms with Gasteiger partial charge in [0.25, 0.3) is 5.91 Å². The highest BCUT2D eigenvalue weighted by Gasteiger charge is 2.30. The summed E-state index contributed by atoms with van der Waals surface area (Å²) in [6.07, 6.45) is 3.65. The maximum absolute atomic E-state index is 13.5. The lowest BCUT2D eigenvalue weighted by Crippen LogP contribution is -2.40. The van der Waals surface area contributed by atoms with Gasteiger partial charge in [0, 0.05) is 31.4 Å². The third kappa shape index (κ3) is 4.19. The van der Waals surface area contributed by atoms with Gasteiger partial charge in [-0.3, -0.25) is 4.79 Å². The van der Waals surface area contributed by atoms with Gasteiger partial charge in [-0.25, -0.2) is 4.39 Å². The molecule has 5 rings (SSSR count). The summed E-state index contributed by atoms with van der Waals surface area (Å²) in [7, 11) is 0. The number of benzene rings is 2. The lowest BCUT2D eigenvalue weighted by atomic mass is 9.97. The summed E-state index contributed by atoms with van der Waals surface area (Å²) in [5.74, 6) is 0.462. The van der Waals surface area contributed by atoms with Gasteiger partial charge in [-0.1, -0.05) is 47.6 Å². The molecule has 1 unspecified atom stereocenters.